The lowest BCUT2D eigenvalue weighted by atomic mass is 10.0. The largest absolute Gasteiger partial charge is 0.316 e. The van der Waals surface area contributed by atoms with Crippen molar-refractivity contribution in [3.8, 4) is 0 Å². The first kappa shape index (κ1) is 12.5. The lowest BCUT2D eigenvalue weighted by Crippen LogP contribution is -2.38. The first-order chi connectivity index (χ1) is 8.08. The van der Waals surface area contributed by atoms with Gasteiger partial charge in [0.1, 0.15) is 4.90 Å². The van der Waals surface area contributed by atoms with Crippen molar-refractivity contribution in [1.82, 2.24) is 19.8 Å². The standard InChI is InChI=1S/C10H18N4O2S/c1-14-8-10(7-12-14)17(15,16)13-6-9-3-2-4-11-5-9/h7-9,11,13H,2-6H2,1H3. The maximum absolute atomic E-state index is 11.9. The predicted molar refractivity (Wildman–Crippen MR) is 64.0 cm³/mol. The maximum atomic E-state index is 11.9. The van der Waals surface area contributed by atoms with Crippen LogP contribution in [-0.4, -0.2) is 37.8 Å². The third-order valence-corrected chi connectivity index (χ3v) is 4.33. The van der Waals surface area contributed by atoms with E-state index in [0.29, 0.717) is 12.5 Å². The second-order valence-electron chi connectivity index (χ2n) is 4.41. The van der Waals surface area contributed by atoms with E-state index in [1.165, 1.54) is 17.1 Å². The summed E-state index contributed by atoms with van der Waals surface area (Å²) in [5.41, 5.74) is 0. The lowest BCUT2D eigenvalue weighted by molar-refractivity contribution is 0.376. The summed E-state index contributed by atoms with van der Waals surface area (Å²) in [4.78, 5) is 0.226. The molecule has 6 nitrogen and oxygen atoms in total. The zero-order chi connectivity index (χ0) is 12.3. The summed E-state index contributed by atoms with van der Waals surface area (Å²) in [6.07, 6.45) is 5.05. The number of hydrogen-bond acceptors (Lipinski definition) is 4. The molecule has 0 aliphatic carbocycles. The van der Waals surface area contributed by atoms with E-state index in [1.54, 1.807) is 7.05 Å². The van der Waals surface area contributed by atoms with E-state index in [1.807, 2.05) is 0 Å². The first-order valence-corrected chi connectivity index (χ1v) is 7.25. The summed E-state index contributed by atoms with van der Waals surface area (Å²) in [7, 11) is -1.70. The number of rotatable bonds is 4. The summed E-state index contributed by atoms with van der Waals surface area (Å²) in [6, 6.07) is 0. The Morgan fingerprint density at radius 2 is 2.47 bits per heavy atom. The summed E-state index contributed by atoms with van der Waals surface area (Å²) < 4.78 is 27.9. The molecule has 1 fully saturated rings. The fourth-order valence-corrected chi connectivity index (χ4v) is 3.05. The Balaban J connectivity index is 1.93. The van der Waals surface area contributed by atoms with E-state index in [9.17, 15) is 8.42 Å². The number of aromatic nitrogens is 2. The molecule has 0 spiro atoms. The highest BCUT2D eigenvalue weighted by atomic mass is 32.2. The van der Waals surface area contributed by atoms with Crippen molar-refractivity contribution in [3.05, 3.63) is 12.4 Å². The monoisotopic (exact) mass is 258 g/mol. The number of nitrogens with zero attached hydrogens (tertiary/aromatic N) is 2. The van der Waals surface area contributed by atoms with Crippen molar-refractivity contribution in [2.24, 2.45) is 13.0 Å². The predicted octanol–water partition coefficient (Wildman–Crippen LogP) is -0.302. The molecule has 2 N–H and O–H groups in total. The van der Waals surface area contributed by atoms with Crippen LogP contribution in [0.4, 0.5) is 0 Å². The Hall–Kier alpha value is -0.920. The summed E-state index contributed by atoms with van der Waals surface area (Å²) in [5.74, 6) is 0.384. The highest BCUT2D eigenvalue weighted by Gasteiger charge is 2.19. The van der Waals surface area contributed by atoms with Crippen LogP contribution in [0.5, 0.6) is 0 Å². The Morgan fingerprint density at radius 1 is 1.65 bits per heavy atom. The van der Waals surface area contributed by atoms with E-state index >= 15 is 0 Å². The molecule has 1 aromatic rings. The van der Waals surface area contributed by atoms with Gasteiger partial charge in [-0.2, -0.15) is 5.10 Å². The Morgan fingerprint density at radius 3 is 3.06 bits per heavy atom. The summed E-state index contributed by atoms with van der Waals surface area (Å²) >= 11 is 0. The molecular formula is C10H18N4O2S. The molecule has 0 aromatic carbocycles. The second-order valence-corrected chi connectivity index (χ2v) is 6.18. The van der Waals surface area contributed by atoms with Gasteiger partial charge in [0, 0.05) is 19.8 Å². The number of sulfonamides is 1. The molecule has 1 aromatic heterocycles. The van der Waals surface area contributed by atoms with E-state index in [2.05, 4.69) is 15.1 Å². The molecule has 1 unspecified atom stereocenters. The molecule has 7 heteroatoms. The summed E-state index contributed by atoms with van der Waals surface area (Å²) in [6.45, 7) is 2.41. The van der Waals surface area contributed by atoms with Crippen molar-refractivity contribution in [2.75, 3.05) is 19.6 Å². The van der Waals surface area contributed by atoms with Crippen LogP contribution in [0.2, 0.25) is 0 Å². The zero-order valence-electron chi connectivity index (χ0n) is 9.89. The molecule has 0 amide bonds. The Bertz CT molecular complexity index is 462. The molecule has 96 valence electrons. The van der Waals surface area contributed by atoms with Crippen LogP contribution in [0.1, 0.15) is 12.8 Å². The van der Waals surface area contributed by atoms with Crippen LogP contribution < -0.4 is 10.0 Å². The van der Waals surface area contributed by atoms with Crippen LogP contribution in [0.15, 0.2) is 17.3 Å². The zero-order valence-corrected chi connectivity index (χ0v) is 10.7. The number of hydrogen-bond donors (Lipinski definition) is 2. The molecule has 0 radical (unpaired) electrons. The van der Waals surface area contributed by atoms with E-state index < -0.39 is 10.0 Å². The minimum atomic E-state index is -3.40. The molecule has 1 aliphatic heterocycles. The van der Waals surface area contributed by atoms with Gasteiger partial charge in [0.2, 0.25) is 10.0 Å². The van der Waals surface area contributed by atoms with Crippen LogP contribution >= 0.6 is 0 Å². The van der Waals surface area contributed by atoms with Crippen molar-refractivity contribution in [1.29, 1.82) is 0 Å². The Kier molecular flexibility index (Phi) is 3.80. The van der Waals surface area contributed by atoms with E-state index in [4.69, 9.17) is 0 Å². The molecule has 1 saturated heterocycles. The molecule has 1 aliphatic rings. The molecular weight excluding hydrogens is 240 g/mol. The molecule has 1 atom stereocenters. The fraction of sp³-hybridized carbons (Fsp3) is 0.700. The van der Waals surface area contributed by atoms with Gasteiger partial charge in [-0.25, -0.2) is 13.1 Å². The SMILES string of the molecule is Cn1cc(S(=O)(=O)NCC2CCCNC2)cn1. The number of aryl methyl sites for hydroxylation is 1. The maximum Gasteiger partial charge on any atom is 0.243 e. The van der Waals surface area contributed by atoms with Crippen LogP contribution in [0.25, 0.3) is 0 Å². The van der Waals surface area contributed by atoms with Gasteiger partial charge in [-0.05, 0) is 31.8 Å². The minimum absolute atomic E-state index is 0.226. The van der Waals surface area contributed by atoms with Gasteiger partial charge >= 0.3 is 0 Å². The van der Waals surface area contributed by atoms with Gasteiger partial charge in [-0.3, -0.25) is 4.68 Å². The van der Waals surface area contributed by atoms with Gasteiger partial charge in [0.25, 0.3) is 0 Å². The van der Waals surface area contributed by atoms with Crippen LogP contribution in [-0.2, 0) is 17.1 Å². The highest BCUT2D eigenvalue weighted by Crippen LogP contribution is 2.11. The quantitative estimate of drug-likeness (QED) is 0.777. The average molecular weight is 258 g/mol. The highest BCUT2D eigenvalue weighted by molar-refractivity contribution is 7.89. The molecule has 2 rings (SSSR count). The van der Waals surface area contributed by atoms with Crippen LogP contribution in [0, 0.1) is 5.92 Å². The van der Waals surface area contributed by atoms with Crippen LogP contribution in [0.3, 0.4) is 0 Å². The fourth-order valence-electron chi connectivity index (χ4n) is 1.95. The smallest absolute Gasteiger partial charge is 0.243 e. The van der Waals surface area contributed by atoms with Gasteiger partial charge in [0.15, 0.2) is 0 Å². The van der Waals surface area contributed by atoms with Crippen molar-refractivity contribution >= 4 is 10.0 Å². The normalized spacial score (nSPS) is 21.6. The Labute approximate surface area is 101 Å². The average Bonchev–Trinajstić information content (AvgIpc) is 2.76. The van der Waals surface area contributed by atoms with Crippen molar-refractivity contribution < 1.29 is 8.42 Å². The van der Waals surface area contributed by atoms with Gasteiger partial charge in [-0.1, -0.05) is 0 Å². The van der Waals surface area contributed by atoms with E-state index in [-0.39, 0.29) is 4.90 Å². The third-order valence-electron chi connectivity index (χ3n) is 2.95. The number of nitrogens with one attached hydrogen (secondary N) is 2. The second kappa shape index (κ2) is 5.16. The van der Waals surface area contributed by atoms with Gasteiger partial charge in [0.05, 0.1) is 6.20 Å². The lowest BCUT2D eigenvalue weighted by Gasteiger charge is -2.22. The molecule has 0 saturated carbocycles. The molecule has 0 bridgehead atoms. The molecule has 17 heavy (non-hydrogen) atoms. The third kappa shape index (κ3) is 3.27. The van der Waals surface area contributed by atoms with Crippen molar-refractivity contribution in [2.45, 2.75) is 17.7 Å². The molecule has 2 heterocycles. The topological polar surface area (TPSA) is 76.0 Å². The van der Waals surface area contributed by atoms with Crippen molar-refractivity contribution in [3.63, 3.8) is 0 Å². The minimum Gasteiger partial charge on any atom is -0.316 e. The summed E-state index contributed by atoms with van der Waals surface area (Å²) in [5, 5.41) is 7.13. The van der Waals surface area contributed by atoms with Gasteiger partial charge < -0.3 is 5.32 Å². The van der Waals surface area contributed by atoms with E-state index in [0.717, 1.165) is 25.9 Å². The number of piperidine rings is 1. The van der Waals surface area contributed by atoms with Gasteiger partial charge in [-0.15, -0.1) is 0 Å². The first-order valence-electron chi connectivity index (χ1n) is 5.77.